The molecule has 1 aromatic heterocycles. The Labute approximate surface area is 88.9 Å². The van der Waals surface area contributed by atoms with Gasteiger partial charge in [-0.3, -0.25) is 4.98 Å². The van der Waals surface area contributed by atoms with Crippen molar-refractivity contribution in [2.24, 2.45) is 0 Å². The number of hydrogen-bond acceptors (Lipinski definition) is 3. The van der Waals surface area contributed by atoms with E-state index in [9.17, 15) is 0 Å². The number of ether oxygens (including phenoxy) is 1. The van der Waals surface area contributed by atoms with Crippen molar-refractivity contribution in [2.45, 2.75) is 13.3 Å². The lowest BCUT2D eigenvalue weighted by Gasteiger charge is -2.11. The molecule has 0 saturated carbocycles. The second-order valence-electron chi connectivity index (χ2n) is 3.38. The summed E-state index contributed by atoms with van der Waals surface area (Å²) < 4.78 is 5.34. The summed E-state index contributed by atoms with van der Waals surface area (Å²) >= 11 is 0. The van der Waals surface area contributed by atoms with Crippen molar-refractivity contribution in [1.29, 1.82) is 0 Å². The van der Waals surface area contributed by atoms with Gasteiger partial charge in [0.25, 0.3) is 0 Å². The van der Waals surface area contributed by atoms with Gasteiger partial charge in [-0.05, 0) is 18.6 Å². The number of anilines is 1. The predicted octanol–water partition coefficient (Wildman–Crippen LogP) is 2.39. The Balaban J connectivity index is 2.83. The van der Waals surface area contributed by atoms with Gasteiger partial charge in [-0.1, -0.05) is 19.1 Å². The first-order valence-corrected chi connectivity index (χ1v) is 4.99. The van der Waals surface area contributed by atoms with Gasteiger partial charge in [0, 0.05) is 5.39 Å². The van der Waals surface area contributed by atoms with Crippen LogP contribution < -0.4 is 10.5 Å². The summed E-state index contributed by atoms with van der Waals surface area (Å²) in [5.41, 5.74) is 8.46. The number of hydrogen-bond donors (Lipinski definition) is 1. The second-order valence-corrected chi connectivity index (χ2v) is 3.38. The fraction of sp³-hybridized carbons (Fsp3) is 0.250. The van der Waals surface area contributed by atoms with Gasteiger partial charge in [0.1, 0.15) is 0 Å². The summed E-state index contributed by atoms with van der Waals surface area (Å²) in [6.07, 6.45) is 0.813. The van der Waals surface area contributed by atoms with Crippen LogP contribution in [-0.4, -0.2) is 12.1 Å². The number of nitrogens with zero attached hydrogens (tertiary/aromatic N) is 1. The van der Waals surface area contributed by atoms with Crippen molar-refractivity contribution >= 4 is 16.6 Å². The summed E-state index contributed by atoms with van der Waals surface area (Å²) in [5.74, 6) is 0.734. The molecule has 0 saturated heterocycles. The number of nitrogen functional groups attached to an aromatic ring is 1. The summed E-state index contributed by atoms with van der Waals surface area (Å²) in [6.45, 7) is 2.03. The van der Waals surface area contributed by atoms with E-state index in [1.165, 1.54) is 0 Å². The van der Waals surface area contributed by atoms with Crippen LogP contribution in [0.15, 0.2) is 24.3 Å². The molecular formula is C12H14N2O. The van der Waals surface area contributed by atoms with E-state index >= 15 is 0 Å². The monoisotopic (exact) mass is 202 g/mol. The van der Waals surface area contributed by atoms with E-state index in [-0.39, 0.29) is 0 Å². The standard InChI is InChI=1S/C12H14N2O/c1-3-9-11(13)12(15-2)8-6-4-5-7-10(8)14-9/h4-7H,3,13H2,1-2H3. The zero-order valence-electron chi connectivity index (χ0n) is 8.95. The Morgan fingerprint density at radius 3 is 2.73 bits per heavy atom. The van der Waals surface area contributed by atoms with E-state index in [1.54, 1.807) is 7.11 Å². The topological polar surface area (TPSA) is 48.1 Å². The molecule has 0 amide bonds. The molecule has 3 nitrogen and oxygen atoms in total. The van der Waals surface area contributed by atoms with E-state index in [1.807, 2.05) is 31.2 Å². The third kappa shape index (κ3) is 1.50. The lowest BCUT2D eigenvalue weighted by atomic mass is 10.1. The molecule has 1 aromatic carbocycles. The maximum atomic E-state index is 5.98. The van der Waals surface area contributed by atoms with Crippen LogP contribution >= 0.6 is 0 Å². The number of nitrogens with two attached hydrogens (primary N) is 1. The van der Waals surface area contributed by atoms with Gasteiger partial charge >= 0.3 is 0 Å². The van der Waals surface area contributed by atoms with Gasteiger partial charge in [0.05, 0.1) is 24.0 Å². The van der Waals surface area contributed by atoms with Crippen LogP contribution in [0.3, 0.4) is 0 Å². The first kappa shape index (κ1) is 9.77. The normalized spacial score (nSPS) is 10.5. The van der Waals surface area contributed by atoms with E-state index in [2.05, 4.69) is 4.98 Å². The molecule has 0 aliphatic heterocycles. The Bertz CT molecular complexity index is 494. The minimum atomic E-state index is 0.652. The van der Waals surface area contributed by atoms with Crippen molar-refractivity contribution in [3.63, 3.8) is 0 Å². The number of aryl methyl sites for hydroxylation is 1. The molecular weight excluding hydrogens is 188 g/mol. The Kier molecular flexibility index (Phi) is 2.46. The summed E-state index contributed by atoms with van der Waals surface area (Å²) in [4.78, 5) is 4.50. The highest BCUT2D eigenvalue weighted by atomic mass is 16.5. The van der Waals surface area contributed by atoms with Gasteiger partial charge in [0.15, 0.2) is 5.75 Å². The van der Waals surface area contributed by atoms with Gasteiger partial charge in [-0.25, -0.2) is 0 Å². The number of fused-ring (bicyclic) bond motifs is 1. The van der Waals surface area contributed by atoms with E-state index in [4.69, 9.17) is 10.5 Å². The van der Waals surface area contributed by atoms with E-state index in [0.717, 1.165) is 28.8 Å². The third-order valence-corrected chi connectivity index (χ3v) is 2.50. The van der Waals surface area contributed by atoms with Gasteiger partial charge in [-0.15, -0.1) is 0 Å². The molecule has 3 heteroatoms. The van der Waals surface area contributed by atoms with Crippen molar-refractivity contribution in [3.05, 3.63) is 30.0 Å². The zero-order valence-corrected chi connectivity index (χ0v) is 8.95. The molecule has 0 spiro atoms. The molecule has 0 fully saturated rings. The van der Waals surface area contributed by atoms with Crippen LogP contribution in [0.1, 0.15) is 12.6 Å². The molecule has 0 unspecified atom stereocenters. The summed E-state index contributed by atoms with van der Waals surface area (Å²) in [5, 5.41) is 0.967. The molecule has 0 bridgehead atoms. The number of methoxy groups -OCH3 is 1. The first-order chi connectivity index (χ1) is 7.27. The fourth-order valence-corrected chi connectivity index (χ4v) is 1.73. The molecule has 1 heterocycles. The largest absolute Gasteiger partial charge is 0.494 e. The van der Waals surface area contributed by atoms with Crippen LogP contribution in [0.2, 0.25) is 0 Å². The zero-order chi connectivity index (χ0) is 10.8. The summed E-state index contributed by atoms with van der Waals surface area (Å²) in [7, 11) is 1.64. The van der Waals surface area contributed by atoms with Crippen molar-refractivity contribution in [1.82, 2.24) is 4.98 Å². The van der Waals surface area contributed by atoms with Crippen LogP contribution in [0.25, 0.3) is 10.9 Å². The fourth-order valence-electron chi connectivity index (χ4n) is 1.73. The van der Waals surface area contributed by atoms with E-state index in [0.29, 0.717) is 5.69 Å². The van der Waals surface area contributed by atoms with Crippen molar-refractivity contribution in [2.75, 3.05) is 12.8 Å². The number of para-hydroxylation sites is 1. The molecule has 15 heavy (non-hydrogen) atoms. The number of pyridine rings is 1. The smallest absolute Gasteiger partial charge is 0.153 e. The first-order valence-electron chi connectivity index (χ1n) is 4.99. The Hall–Kier alpha value is -1.77. The third-order valence-electron chi connectivity index (χ3n) is 2.50. The van der Waals surface area contributed by atoms with Crippen LogP contribution in [0, 0.1) is 0 Å². The molecule has 0 aliphatic rings. The summed E-state index contributed by atoms with van der Waals surface area (Å²) in [6, 6.07) is 7.86. The van der Waals surface area contributed by atoms with Gasteiger partial charge in [-0.2, -0.15) is 0 Å². The Morgan fingerprint density at radius 1 is 1.33 bits per heavy atom. The quantitative estimate of drug-likeness (QED) is 0.813. The number of aromatic nitrogens is 1. The average Bonchev–Trinajstić information content (AvgIpc) is 2.28. The Morgan fingerprint density at radius 2 is 2.07 bits per heavy atom. The molecule has 2 aromatic rings. The van der Waals surface area contributed by atoms with Crippen LogP contribution in [-0.2, 0) is 6.42 Å². The molecule has 2 N–H and O–H groups in total. The molecule has 0 radical (unpaired) electrons. The minimum absolute atomic E-state index is 0.652. The maximum Gasteiger partial charge on any atom is 0.153 e. The molecule has 2 rings (SSSR count). The molecule has 0 aliphatic carbocycles. The highest BCUT2D eigenvalue weighted by molar-refractivity contribution is 5.90. The van der Waals surface area contributed by atoms with E-state index < -0.39 is 0 Å². The lowest BCUT2D eigenvalue weighted by molar-refractivity contribution is 0.421. The second kappa shape index (κ2) is 3.77. The highest BCUT2D eigenvalue weighted by Crippen LogP contribution is 2.32. The average molecular weight is 202 g/mol. The number of benzene rings is 1. The number of rotatable bonds is 2. The predicted molar refractivity (Wildman–Crippen MR) is 62.1 cm³/mol. The minimum Gasteiger partial charge on any atom is -0.494 e. The van der Waals surface area contributed by atoms with Gasteiger partial charge < -0.3 is 10.5 Å². The van der Waals surface area contributed by atoms with Crippen LogP contribution in [0.5, 0.6) is 5.75 Å². The SMILES string of the molecule is CCc1nc2ccccc2c(OC)c1N. The van der Waals surface area contributed by atoms with Crippen molar-refractivity contribution < 1.29 is 4.74 Å². The van der Waals surface area contributed by atoms with Crippen LogP contribution in [0.4, 0.5) is 5.69 Å². The maximum absolute atomic E-state index is 5.98. The molecule has 78 valence electrons. The highest BCUT2D eigenvalue weighted by Gasteiger charge is 2.10. The van der Waals surface area contributed by atoms with Gasteiger partial charge in [0.2, 0.25) is 0 Å². The molecule has 0 atom stereocenters. The van der Waals surface area contributed by atoms with Crippen molar-refractivity contribution in [3.8, 4) is 5.75 Å². The lowest BCUT2D eigenvalue weighted by Crippen LogP contribution is -2.01.